The average Bonchev–Trinajstić information content (AvgIpc) is 1.80. The summed E-state index contributed by atoms with van der Waals surface area (Å²) in [6.07, 6.45) is 0. The number of carboxylic acids is 1. The van der Waals surface area contributed by atoms with Gasteiger partial charge in [-0.05, 0) is 0 Å². The van der Waals surface area contributed by atoms with E-state index in [1.165, 1.54) is 7.05 Å². The third-order valence-corrected chi connectivity index (χ3v) is 0.784. The van der Waals surface area contributed by atoms with Crippen molar-refractivity contribution in [2.45, 2.75) is 0 Å². The Kier molecular flexibility index (Phi) is 12.3. The Morgan fingerprint density at radius 2 is 1.87 bits per heavy atom. The molecule has 0 saturated heterocycles. The molecule has 0 spiro atoms. The van der Waals surface area contributed by atoms with E-state index in [9.17, 15) is 4.79 Å². The molecule has 9 nitrogen and oxygen atoms in total. The van der Waals surface area contributed by atoms with Crippen molar-refractivity contribution in [2.75, 3.05) is 13.6 Å². The topological polar surface area (TPSA) is 171 Å². The maximum absolute atomic E-state index is 9.92. The predicted molar refractivity (Wildman–Crippen MR) is 44.2 cm³/mol. The van der Waals surface area contributed by atoms with Gasteiger partial charge in [0.05, 0.1) is 0 Å². The molecule has 0 aliphatic carbocycles. The van der Waals surface area contributed by atoms with E-state index in [0.717, 1.165) is 4.90 Å². The van der Waals surface area contributed by atoms with E-state index in [-0.39, 0.29) is 42.1 Å². The van der Waals surface area contributed by atoms with Crippen LogP contribution in [-0.2, 0) is 9.36 Å². The first-order valence-corrected chi connectivity index (χ1v) is 4.60. The molecule has 0 aromatic heterocycles. The van der Waals surface area contributed by atoms with Gasteiger partial charge in [0, 0.05) is 7.05 Å². The van der Waals surface area contributed by atoms with Gasteiger partial charge < -0.3 is 30.4 Å². The van der Waals surface area contributed by atoms with Gasteiger partial charge >= 0.3 is 35.5 Å². The molecule has 0 atom stereocenters. The molecule has 84 valence electrons. The monoisotopic (exact) mass is 251 g/mol. The van der Waals surface area contributed by atoms with Crippen LogP contribution in [0.3, 0.4) is 0 Å². The van der Waals surface area contributed by atoms with Crippen molar-refractivity contribution >= 4 is 19.8 Å². The molecular formula is C4H11N3NaO6P. The van der Waals surface area contributed by atoms with Crippen LogP contribution in [0.15, 0.2) is 0 Å². The van der Waals surface area contributed by atoms with E-state index in [1.807, 2.05) is 0 Å². The largest absolute Gasteiger partial charge is 1.00 e. The molecule has 6 N–H and O–H groups in total. The van der Waals surface area contributed by atoms with Crippen molar-refractivity contribution in [3.63, 3.8) is 0 Å². The Bertz CT molecular complexity index is 246. The number of hydrogen-bond donors (Lipinski definition) is 5. The number of nitrogens with one attached hydrogen (secondary N) is 1. The zero-order valence-corrected chi connectivity index (χ0v) is 11.1. The normalized spacial score (nSPS) is 9.07. The Labute approximate surface area is 108 Å². The summed E-state index contributed by atoms with van der Waals surface area (Å²) in [5.74, 6) is -1.23. The second kappa shape index (κ2) is 9.10. The van der Waals surface area contributed by atoms with Crippen LogP contribution < -0.4 is 40.2 Å². The molecule has 15 heavy (non-hydrogen) atoms. The molecule has 0 aliphatic heterocycles. The van der Waals surface area contributed by atoms with Crippen LogP contribution in [0.2, 0.25) is 0 Å². The maximum Gasteiger partial charge on any atom is 1.00 e. The summed E-state index contributed by atoms with van der Waals surface area (Å²) in [5.41, 5.74) is 4.93. The van der Waals surface area contributed by atoms with Gasteiger partial charge in [0.25, 0.3) is 7.82 Å². The van der Waals surface area contributed by atoms with Gasteiger partial charge in [-0.1, -0.05) is 0 Å². The molecule has 0 aliphatic rings. The SMILES string of the molecule is CN(CC(=O)O)C(=N)N.O=P([O-])(O)O.[Na+]. The van der Waals surface area contributed by atoms with E-state index in [2.05, 4.69) is 0 Å². The number of carboxylic acid groups (broad SMARTS) is 1. The zero-order valence-electron chi connectivity index (χ0n) is 8.25. The van der Waals surface area contributed by atoms with Gasteiger partial charge in [0.1, 0.15) is 6.54 Å². The van der Waals surface area contributed by atoms with Gasteiger partial charge in [-0.3, -0.25) is 14.8 Å². The number of nitrogens with zero attached hydrogens (tertiary/aromatic N) is 1. The standard InChI is InChI=1S/C4H9N3O2.Na.H3O4P/c1-7(4(5)6)2-3(8)9;;1-5(2,3)4/h2H2,1H3,(H3,5,6)(H,8,9);;(H3,1,2,3,4)/q;+1;/p-1. The molecule has 0 heterocycles. The van der Waals surface area contributed by atoms with Crippen molar-refractivity contribution < 1.29 is 58.7 Å². The summed E-state index contributed by atoms with van der Waals surface area (Å²) in [6, 6.07) is 0. The molecule has 0 bridgehead atoms. The zero-order chi connectivity index (χ0) is 11.9. The van der Waals surface area contributed by atoms with E-state index in [0.29, 0.717) is 0 Å². The van der Waals surface area contributed by atoms with Crippen LogP contribution >= 0.6 is 7.82 Å². The fraction of sp³-hybridized carbons (Fsp3) is 0.500. The molecule has 11 heteroatoms. The molecule has 0 amide bonds. The van der Waals surface area contributed by atoms with Crippen LogP contribution in [0.25, 0.3) is 0 Å². The minimum Gasteiger partial charge on any atom is -0.756 e. The first-order valence-electron chi connectivity index (χ1n) is 3.07. The quantitative estimate of drug-likeness (QED) is 0.140. The summed E-state index contributed by atoms with van der Waals surface area (Å²) >= 11 is 0. The molecule has 0 unspecified atom stereocenters. The molecule has 0 saturated carbocycles. The molecule has 0 aromatic carbocycles. The van der Waals surface area contributed by atoms with Crippen LogP contribution in [0.5, 0.6) is 0 Å². The number of aliphatic carboxylic acids is 1. The Balaban J connectivity index is -0.000000208. The van der Waals surface area contributed by atoms with Gasteiger partial charge in [0.15, 0.2) is 5.96 Å². The van der Waals surface area contributed by atoms with Crippen LogP contribution in [0.4, 0.5) is 0 Å². The summed E-state index contributed by atoms with van der Waals surface area (Å²) in [7, 11) is -3.45. The van der Waals surface area contributed by atoms with E-state index < -0.39 is 13.8 Å². The Morgan fingerprint density at radius 1 is 1.60 bits per heavy atom. The van der Waals surface area contributed by atoms with Crippen LogP contribution in [0.1, 0.15) is 0 Å². The van der Waals surface area contributed by atoms with Crippen molar-refractivity contribution in [3.8, 4) is 0 Å². The molecule has 0 aromatic rings. The van der Waals surface area contributed by atoms with Gasteiger partial charge in [-0.25, -0.2) is 0 Å². The molecule has 0 fully saturated rings. The number of likely N-dealkylation sites (N-methyl/N-ethyl adjacent to an activating group) is 1. The Morgan fingerprint density at radius 3 is 1.93 bits per heavy atom. The first kappa shape index (κ1) is 20.3. The van der Waals surface area contributed by atoms with Crippen molar-refractivity contribution in [2.24, 2.45) is 5.73 Å². The van der Waals surface area contributed by atoms with Gasteiger partial charge in [-0.15, -0.1) is 0 Å². The third kappa shape index (κ3) is 31.6. The second-order valence-electron chi connectivity index (χ2n) is 2.13. The fourth-order valence-electron chi connectivity index (χ4n) is 0.288. The number of rotatable bonds is 2. The number of guanidine groups is 1. The molecular weight excluding hydrogens is 240 g/mol. The number of carbonyl (C=O) groups is 1. The van der Waals surface area contributed by atoms with Gasteiger partial charge in [-0.2, -0.15) is 0 Å². The second-order valence-corrected chi connectivity index (χ2v) is 3.11. The van der Waals surface area contributed by atoms with E-state index in [4.69, 9.17) is 35.5 Å². The molecule has 0 radical (unpaired) electrons. The fourth-order valence-corrected chi connectivity index (χ4v) is 0.288. The number of hydrogen-bond acceptors (Lipinski definition) is 4. The molecule has 0 rings (SSSR count). The smallest absolute Gasteiger partial charge is 0.756 e. The Hall–Kier alpha value is -0.150. The van der Waals surface area contributed by atoms with E-state index >= 15 is 0 Å². The number of phosphoric acid groups is 1. The van der Waals surface area contributed by atoms with Crippen LogP contribution in [0, 0.1) is 5.41 Å². The minimum absolute atomic E-state index is 0. The third-order valence-electron chi connectivity index (χ3n) is 0.784. The maximum atomic E-state index is 9.92. The van der Waals surface area contributed by atoms with Crippen molar-refractivity contribution in [1.29, 1.82) is 5.41 Å². The average molecular weight is 251 g/mol. The van der Waals surface area contributed by atoms with E-state index in [1.54, 1.807) is 0 Å². The van der Waals surface area contributed by atoms with Crippen molar-refractivity contribution in [3.05, 3.63) is 0 Å². The van der Waals surface area contributed by atoms with Crippen molar-refractivity contribution in [1.82, 2.24) is 4.90 Å². The summed E-state index contributed by atoms with van der Waals surface area (Å²) in [5, 5.41) is 14.9. The summed E-state index contributed by atoms with van der Waals surface area (Å²) < 4.78 is 8.77. The predicted octanol–water partition coefficient (Wildman–Crippen LogP) is -5.66. The number of nitrogens with two attached hydrogens (primary N) is 1. The summed E-state index contributed by atoms with van der Waals surface area (Å²) in [4.78, 5) is 34.0. The minimum atomic E-state index is -4.89. The van der Waals surface area contributed by atoms with Gasteiger partial charge in [0.2, 0.25) is 0 Å². The first-order chi connectivity index (χ1) is 6.04. The summed E-state index contributed by atoms with van der Waals surface area (Å²) in [6.45, 7) is -0.227. The van der Waals surface area contributed by atoms with Crippen LogP contribution in [-0.4, -0.2) is 45.3 Å².